The third-order valence-corrected chi connectivity index (χ3v) is 4.84. The van der Waals surface area contributed by atoms with E-state index in [1.165, 1.54) is 28.6 Å². The zero-order chi connectivity index (χ0) is 16.4. The van der Waals surface area contributed by atoms with Crippen LogP contribution in [0.1, 0.15) is 35.1 Å². The van der Waals surface area contributed by atoms with Crippen molar-refractivity contribution < 1.29 is 0 Å². The zero-order valence-electron chi connectivity index (χ0n) is 13.6. The predicted octanol–water partition coefficient (Wildman–Crippen LogP) is 4.37. The van der Waals surface area contributed by atoms with Crippen LogP contribution in [0, 0.1) is 13.8 Å². The molecule has 1 heterocycles. The molecule has 1 unspecified atom stereocenters. The number of fused-ring (bicyclic) bond motifs is 2. The summed E-state index contributed by atoms with van der Waals surface area (Å²) in [5, 5.41) is 0. The summed E-state index contributed by atoms with van der Waals surface area (Å²) in [7, 11) is 0. The lowest BCUT2D eigenvalue weighted by Gasteiger charge is -2.17. The van der Waals surface area contributed by atoms with Gasteiger partial charge in [-0.05, 0) is 54.6 Å². The van der Waals surface area contributed by atoms with E-state index in [0.717, 1.165) is 16.2 Å². The molecule has 0 saturated carbocycles. The fourth-order valence-corrected chi connectivity index (χ4v) is 3.46. The first-order chi connectivity index (χ1) is 11.0. The number of nitrogens with zero attached hydrogens (tertiary/aromatic N) is 1. The fraction of sp³-hybridized carbons (Fsp3) is 0.211. The van der Waals surface area contributed by atoms with Crippen molar-refractivity contribution >= 4 is 23.6 Å². The molecule has 3 rings (SSSR count). The van der Waals surface area contributed by atoms with Gasteiger partial charge in [-0.25, -0.2) is 4.99 Å². The normalized spacial score (nSPS) is 20.0. The second-order valence-electron chi connectivity index (χ2n) is 5.88. The Kier molecular flexibility index (Phi) is 4.44. The van der Waals surface area contributed by atoms with E-state index in [2.05, 4.69) is 79.0 Å². The number of hydrogen-bond donors (Lipinski definition) is 2. The summed E-state index contributed by atoms with van der Waals surface area (Å²) < 4.78 is 3.12. The molecule has 3 nitrogen and oxygen atoms in total. The Labute approximate surface area is 141 Å². The van der Waals surface area contributed by atoms with Crippen LogP contribution in [0.15, 0.2) is 58.4 Å². The summed E-state index contributed by atoms with van der Waals surface area (Å²) in [6, 6.07) is 14.8. The third-order valence-electron chi connectivity index (χ3n) is 4.04. The van der Waals surface area contributed by atoms with Gasteiger partial charge in [0.1, 0.15) is 0 Å². The Balaban J connectivity index is 2.16. The maximum absolute atomic E-state index is 6.08. The van der Waals surface area contributed by atoms with E-state index >= 15 is 0 Å². The van der Waals surface area contributed by atoms with Crippen molar-refractivity contribution in [2.45, 2.75) is 31.6 Å². The van der Waals surface area contributed by atoms with Crippen LogP contribution in [0.4, 0.5) is 0 Å². The highest BCUT2D eigenvalue weighted by Crippen LogP contribution is 2.30. The first kappa shape index (κ1) is 15.7. The number of nitrogens with two attached hydrogens (primary N) is 1. The quantitative estimate of drug-likeness (QED) is 0.766. The van der Waals surface area contributed by atoms with Gasteiger partial charge in [0.15, 0.2) is 0 Å². The van der Waals surface area contributed by atoms with Crippen LogP contribution in [-0.4, -0.2) is 5.96 Å². The van der Waals surface area contributed by atoms with Gasteiger partial charge >= 0.3 is 0 Å². The summed E-state index contributed by atoms with van der Waals surface area (Å²) in [5.41, 5.74) is 11.8. The van der Waals surface area contributed by atoms with E-state index in [9.17, 15) is 0 Å². The van der Waals surface area contributed by atoms with Gasteiger partial charge in [0.25, 0.3) is 0 Å². The summed E-state index contributed by atoms with van der Waals surface area (Å²) in [6.45, 7) is 6.42. The molecule has 0 amide bonds. The van der Waals surface area contributed by atoms with Crippen LogP contribution >= 0.6 is 11.9 Å². The molecule has 118 valence electrons. The molecule has 0 aromatic heterocycles. The molecule has 4 heteroatoms. The molecular weight excluding hydrogens is 302 g/mol. The largest absolute Gasteiger partial charge is 0.369 e. The Morgan fingerprint density at radius 3 is 2.52 bits per heavy atom. The van der Waals surface area contributed by atoms with Crippen molar-refractivity contribution in [1.82, 2.24) is 4.72 Å². The van der Waals surface area contributed by atoms with Crippen molar-refractivity contribution in [2.75, 3.05) is 0 Å². The first-order valence-corrected chi connectivity index (χ1v) is 8.51. The number of aliphatic imine (C=N–C) groups is 1. The van der Waals surface area contributed by atoms with E-state index in [1.807, 2.05) is 0 Å². The second-order valence-corrected chi connectivity index (χ2v) is 6.76. The monoisotopic (exact) mass is 323 g/mol. The van der Waals surface area contributed by atoms with Crippen LogP contribution in [0.5, 0.6) is 0 Å². The van der Waals surface area contributed by atoms with E-state index in [-0.39, 0.29) is 5.92 Å². The summed E-state index contributed by atoms with van der Waals surface area (Å²) in [5.74, 6) is 0.683. The van der Waals surface area contributed by atoms with Gasteiger partial charge in [0.2, 0.25) is 5.96 Å². The number of nitrogens with one attached hydrogen (secondary N) is 1. The van der Waals surface area contributed by atoms with E-state index in [4.69, 9.17) is 5.73 Å². The molecular formula is C19H21N3S. The first-order valence-electron chi connectivity index (χ1n) is 7.70. The molecule has 3 N–H and O–H groups in total. The lowest BCUT2D eigenvalue weighted by Crippen LogP contribution is -2.26. The molecule has 2 aromatic rings. The Hall–Kier alpha value is -2.20. The highest BCUT2D eigenvalue weighted by molar-refractivity contribution is 7.98. The molecule has 0 aliphatic carbocycles. The molecule has 1 aliphatic rings. The topological polar surface area (TPSA) is 50.4 Å². The number of benzene rings is 2. The van der Waals surface area contributed by atoms with Crippen molar-refractivity contribution in [1.29, 1.82) is 0 Å². The highest BCUT2D eigenvalue weighted by Gasteiger charge is 2.13. The molecule has 1 atom stereocenters. The number of hydrogen-bond acceptors (Lipinski definition) is 4. The van der Waals surface area contributed by atoms with Gasteiger partial charge in [0, 0.05) is 16.4 Å². The van der Waals surface area contributed by atoms with Crippen LogP contribution in [-0.2, 0) is 0 Å². The molecule has 1 aliphatic heterocycles. The molecule has 0 spiro atoms. The lowest BCUT2D eigenvalue weighted by molar-refractivity contribution is 0.957. The van der Waals surface area contributed by atoms with Crippen LogP contribution in [0.25, 0.3) is 5.70 Å². The lowest BCUT2D eigenvalue weighted by atomic mass is 9.95. The Morgan fingerprint density at radius 1 is 1.09 bits per heavy atom. The maximum Gasteiger partial charge on any atom is 0.204 e. The van der Waals surface area contributed by atoms with E-state index < -0.39 is 0 Å². The van der Waals surface area contributed by atoms with Crippen molar-refractivity contribution in [3.63, 3.8) is 0 Å². The summed E-state index contributed by atoms with van der Waals surface area (Å²) in [6.07, 6.45) is 2.19. The maximum atomic E-state index is 6.08. The van der Waals surface area contributed by atoms with Gasteiger partial charge in [0.05, 0.1) is 5.70 Å². The number of guanidine groups is 1. The Morgan fingerprint density at radius 2 is 1.78 bits per heavy atom. The smallest absolute Gasteiger partial charge is 0.204 e. The van der Waals surface area contributed by atoms with Gasteiger partial charge in [-0.15, -0.1) is 0 Å². The van der Waals surface area contributed by atoms with Crippen molar-refractivity contribution in [3.8, 4) is 0 Å². The summed E-state index contributed by atoms with van der Waals surface area (Å²) >= 11 is 1.49. The number of allylic oxidation sites excluding steroid dienone is 1. The minimum absolute atomic E-state index is 0.263. The van der Waals surface area contributed by atoms with E-state index in [1.54, 1.807) is 0 Å². The SMILES string of the molecule is Cc1cccc(C)c1/C1=C/C(C)c2cccc(c2)SNC(N)=N1. The third kappa shape index (κ3) is 3.42. The molecule has 23 heavy (non-hydrogen) atoms. The van der Waals surface area contributed by atoms with Gasteiger partial charge in [-0.3, -0.25) is 4.72 Å². The second kappa shape index (κ2) is 6.50. The van der Waals surface area contributed by atoms with Gasteiger partial charge in [-0.1, -0.05) is 43.3 Å². The van der Waals surface area contributed by atoms with Gasteiger partial charge < -0.3 is 5.73 Å². The summed E-state index contributed by atoms with van der Waals surface area (Å²) in [4.78, 5) is 5.79. The average molecular weight is 323 g/mol. The molecule has 2 aromatic carbocycles. The minimum atomic E-state index is 0.263. The fourth-order valence-electron chi connectivity index (χ4n) is 2.85. The highest BCUT2D eigenvalue weighted by atomic mass is 32.2. The molecule has 0 fully saturated rings. The van der Waals surface area contributed by atoms with Crippen molar-refractivity contribution in [2.24, 2.45) is 10.7 Å². The van der Waals surface area contributed by atoms with E-state index in [0.29, 0.717) is 5.96 Å². The Bertz CT molecular complexity index is 773. The minimum Gasteiger partial charge on any atom is -0.369 e. The van der Waals surface area contributed by atoms with Crippen LogP contribution in [0.2, 0.25) is 0 Å². The van der Waals surface area contributed by atoms with Gasteiger partial charge in [-0.2, -0.15) is 0 Å². The zero-order valence-corrected chi connectivity index (χ0v) is 14.4. The predicted molar refractivity (Wildman–Crippen MR) is 99.4 cm³/mol. The number of aryl methyl sites for hydroxylation is 2. The standard InChI is InChI=1S/C19H21N3S/c1-12-6-4-7-13(2)18(12)17-10-14(3)15-8-5-9-16(11-15)23-22-19(20)21-17/h4-11,14H,1-3H3,(H3,20,21,22)/b17-10-. The molecule has 0 radical (unpaired) electrons. The average Bonchev–Trinajstić information content (AvgIpc) is 2.52. The number of rotatable bonds is 1. The van der Waals surface area contributed by atoms with Crippen LogP contribution < -0.4 is 10.5 Å². The molecule has 0 saturated heterocycles. The molecule has 2 bridgehead atoms. The van der Waals surface area contributed by atoms with Crippen LogP contribution in [0.3, 0.4) is 0 Å². The van der Waals surface area contributed by atoms with Crippen molar-refractivity contribution in [3.05, 3.63) is 70.8 Å².